The number of nitrogens with two attached hydrogens (primary N) is 1. The molecule has 2 aromatic carbocycles. The topological polar surface area (TPSA) is 103 Å². The first-order valence-electron chi connectivity index (χ1n) is 9.56. The number of aromatic nitrogens is 2. The third kappa shape index (κ3) is 4.49. The van der Waals surface area contributed by atoms with E-state index in [0.717, 1.165) is 31.9 Å². The van der Waals surface area contributed by atoms with E-state index >= 15 is 0 Å². The smallest absolute Gasteiger partial charge is 0.229 e. The van der Waals surface area contributed by atoms with Gasteiger partial charge < -0.3 is 31.3 Å². The van der Waals surface area contributed by atoms with E-state index in [0.29, 0.717) is 17.3 Å². The summed E-state index contributed by atoms with van der Waals surface area (Å²) >= 11 is 0. The fourth-order valence-corrected chi connectivity index (χ4v) is 3.22. The lowest BCUT2D eigenvalue weighted by atomic mass is 10.2. The molecule has 3 aromatic rings. The van der Waals surface area contributed by atoms with Crippen LogP contribution in [0.3, 0.4) is 0 Å². The first-order chi connectivity index (χ1) is 14.1. The van der Waals surface area contributed by atoms with Crippen molar-refractivity contribution in [2.45, 2.75) is 0 Å². The van der Waals surface area contributed by atoms with E-state index in [9.17, 15) is 5.11 Å². The number of benzene rings is 2. The van der Waals surface area contributed by atoms with Gasteiger partial charge in [0.25, 0.3) is 0 Å². The van der Waals surface area contributed by atoms with E-state index in [1.807, 2.05) is 30.3 Å². The molecule has 150 valence electrons. The van der Waals surface area contributed by atoms with Gasteiger partial charge in [-0.3, -0.25) is 0 Å². The second-order valence-electron chi connectivity index (χ2n) is 7.10. The molecular weight excluding hydrogens is 366 g/mol. The zero-order chi connectivity index (χ0) is 20.2. The van der Waals surface area contributed by atoms with Crippen LogP contribution in [0, 0.1) is 0 Å². The number of hydrogen-bond acceptors (Lipinski definition) is 8. The van der Waals surface area contributed by atoms with Gasteiger partial charge in [-0.05, 0) is 43.4 Å². The number of nitrogens with zero attached hydrogens (tertiary/aromatic N) is 4. The Kier molecular flexibility index (Phi) is 5.35. The Morgan fingerprint density at radius 1 is 0.966 bits per heavy atom. The van der Waals surface area contributed by atoms with Crippen molar-refractivity contribution in [2.75, 3.05) is 54.5 Å². The van der Waals surface area contributed by atoms with Crippen LogP contribution in [-0.4, -0.2) is 53.2 Å². The first kappa shape index (κ1) is 18.8. The summed E-state index contributed by atoms with van der Waals surface area (Å²) < 4.78 is 0. The highest BCUT2D eigenvalue weighted by Crippen LogP contribution is 2.28. The highest BCUT2D eigenvalue weighted by Gasteiger charge is 2.14. The van der Waals surface area contributed by atoms with Crippen molar-refractivity contribution in [3.63, 3.8) is 0 Å². The van der Waals surface area contributed by atoms with Crippen LogP contribution in [0.1, 0.15) is 0 Å². The fraction of sp³-hybridized carbons (Fsp3) is 0.238. The summed E-state index contributed by atoms with van der Waals surface area (Å²) in [5.74, 6) is 0.617. The molecule has 1 saturated heterocycles. The lowest BCUT2D eigenvalue weighted by molar-refractivity contribution is 0.313. The molecule has 2 heterocycles. The maximum atomic E-state index is 10.1. The van der Waals surface area contributed by atoms with Crippen LogP contribution < -0.4 is 21.3 Å². The quantitative estimate of drug-likeness (QED) is 0.492. The van der Waals surface area contributed by atoms with Crippen molar-refractivity contribution in [1.82, 2.24) is 14.9 Å². The molecule has 5 N–H and O–H groups in total. The van der Waals surface area contributed by atoms with Gasteiger partial charge in [0.05, 0.1) is 17.6 Å². The molecule has 0 atom stereocenters. The number of anilines is 6. The van der Waals surface area contributed by atoms with Crippen LogP contribution in [0.5, 0.6) is 5.75 Å². The molecule has 29 heavy (non-hydrogen) atoms. The Morgan fingerprint density at radius 3 is 2.41 bits per heavy atom. The molecule has 0 amide bonds. The molecular formula is C21H25N7O. The highest BCUT2D eigenvalue weighted by atomic mass is 16.3. The van der Waals surface area contributed by atoms with Gasteiger partial charge in [0.1, 0.15) is 0 Å². The summed E-state index contributed by atoms with van der Waals surface area (Å²) in [5.41, 5.74) is 9.27. The van der Waals surface area contributed by atoms with E-state index in [1.165, 1.54) is 11.9 Å². The standard InChI is InChI=1S/C21H25N7O/c1-27-10-12-28(13-11-27)16-8-6-15(7-9-16)24-21-23-14-19(29)20(26-21)25-18-5-3-2-4-17(18)22/h2-9,14,29H,10-13,22H2,1H3,(H2,23,24,25,26). The van der Waals surface area contributed by atoms with E-state index in [1.54, 1.807) is 6.07 Å². The average Bonchev–Trinajstić information content (AvgIpc) is 2.73. The molecule has 4 rings (SSSR count). The molecule has 0 unspecified atom stereocenters. The largest absolute Gasteiger partial charge is 0.503 e. The Balaban J connectivity index is 1.46. The second-order valence-corrected chi connectivity index (χ2v) is 7.10. The molecule has 8 heteroatoms. The Bertz CT molecular complexity index is 969. The molecule has 0 radical (unpaired) electrons. The molecule has 0 spiro atoms. The Labute approximate surface area is 170 Å². The summed E-state index contributed by atoms with van der Waals surface area (Å²) in [6.07, 6.45) is 1.36. The molecule has 1 fully saturated rings. The number of para-hydroxylation sites is 2. The molecule has 1 aliphatic rings. The molecule has 0 saturated carbocycles. The predicted molar refractivity (Wildman–Crippen MR) is 117 cm³/mol. The molecule has 1 aliphatic heterocycles. The number of nitrogen functional groups attached to an aromatic ring is 1. The van der Waals surface area contributed by atoms with Crippen molar-refractivity contribution in [2.24, 2.45) is 0 Å². The minimum absolute atomic E-state index is 0.0517. The maximum Gasteiger partial charge on any atom is 0.229 e. The lowest BCUT2D eigenvalue weighted by Gasteiger charge is -2.34. The van der Waals surface area contributed by atoms with Gasteiger partial charge in [0.2, 0.25) is 5.95 Å². The Hall–Kier alpha value is -3.52. The zero-order valence-corrected chi connectivity index (χ0v) is 16.3. The van der Waals surface area contributed by atoms with E-state index < -0.39 is 0 Å². The minimum atomic E-state index is -0.0517. The van der Waals surface area contributed by atoms with Crippen molar-refractivity contribution < 1.29 is 5.11 Å². The maximum absolute atomic E-state index is 10.1. The number of aromatic hydroxyl groups is 1. The van der Waals surface area contributed by atoms with E-state index in [-0.39, 0.29) is 11.6 Å². The van der Waals surface area contributed by atoms with Gasteiger partial charge in [0, 0.05) is 37.6 Å². The SMILES string of the molecule is CN1CCN(c2ccc(Nc3ncc(O)c(Nc4ccccc4N)n3)cc2)CC1. The lowest BCUT2D eigenvalue weighted by Crippen LogP contribution is -2.44. The summed E-state index contributed by atoms with van der Waals surface area (Å²) in [7, 11) is 2.15. The number of nitrogens with one attached hydrogen (secondary N) is 2. The van der Waals surface area contributed by atoms with Gasteiger partial charge >= 0.3 is 0 Å². The van der Waals surface area contributed by atoms with Crippen molar-refractivity contribution in [3.8, 4) is 5.75 Å². The van der Waals surface area contributed by atoms with Gasteiger partial charge in [0.15, 0.2) is 11.6 Å². The summed E-state index contributed by atoms with van der Waals surface area (Å²) in [6, 6.07) is 15.5. The number of rotatable bonds is 5. The van der Waals surface area contributed by atoms with Gasteiger partial charge in [-0.25, -0.2) is 4.98 Å². The second kappa shape index (κ2) is 8.24. The normalized spacial score (nSPS) is 14.6. The third-order valence-corrected chi connectivity index (χ3v) is 4.98. The van der Waals surface area contributed by atoms with Crippen molar-refractivity contribution in [3.05, 3.63) is 54.7 Å². The van der Waals surface area contributed by atoms with Crippen LogP contribution >= 0.6 is 0 Å². The number of likely N-dealkylation sites (N-methyl/N-ethyl adjacent to an activating group) is 1. The molecule has 0 bridgehead atoms. The monoisotopic (exact) mass is 391 g/mol. The van der Waals surface area contributed by atoms with Crippen LogP contribution in [0.25, 0.3) is 0 Å². The summed E-state index contributed by atoms with van der Waals surface area (Å²) in [6.45, 7) is 4.20. The van der Waals surface area contributed by atoms with Crippen LogP contribution in [-0.2, 0) is 0 Å². The zero-order valence-electron chi connectivity index (χ0n) is 16.3. The molecule has 8 nitrogen and oxygen atoms in total. The third-order valence-electron chi connectivity index (χ3n) is 4.98. The number of hydrogen-bond donors (Lipinski definition) is 4. The fourth-order valence-electron chi connectivity index (χ4n) is 3.22. The van der Waals surface area contributed by atoms with Crippen molar-refractivity contribution >= 4 is 34.5 Å². The van der Waals surface area contributed by atoms with Crippen molar-refractivity contribution in [1.29, 1.82) is 0 Å². The van der Waals surface area contributed by atoms with Crippen LogP contribution in [0.15, 0.2) is 54.7 Å². The van der Waals surface area contributed by atoms with Gasteiger partial charge in [-0.2, -0.15) is 4.98 Å². The van der Waals surface area contributed by atoms with Gasteiger partial charge in [-0.1, -0.05) is 12.1 Å². The van der Waals surface area contributed by atoms with Crippen LogP contribution in [0.2, 0.25) is 0 Å². The Morgan fingerprint density at radius 2 is 1.69 bits per heavy atom. The molecule has 1 aromatic heterocycles. The van der Waals surface area contributed by atoms with Crippen LogP contribution in [0.4, 0.5) is 34.5 Å². The van der Waals surface area contributed by atoms with E-state index in [4.69, 9.17) is 5.73 Å². The summed E-state index contributed by atoms with van der Waals surface area (Å²) in [5, 5.41) is 16.3. The van der Waals surface area contributed by atoms with E-state index in [2.05, 4.69) is 49.6 Å². The van der Waals surface area contributed by atoms with Gasteiger partial charge in [-0.15, -0.1) is 0 Å². The number of piperazine rings is 1. The molecule has 0 aliphatic carbocycles. The predicted octanol–water partition coefficient (Wildman–Crippen LogP) is 3.00. The summed E-state index contributed by atoms with van der Waals surface area (Å²) in [4.78, 5) is 13.2. The highest BCUT2D eigenvalue weighted by molar-refractivity contribution is 5.73. The first-order valence-corrected chi connectivity index (χ1v) is 9.56. The average molecular weight is 391 g/mol. The minimum Gasteiger partial charge on any atom is -0.503 e.